The lowest BCUT2D eigenvalue weighted by Crippen LogP contribution is -2.30. The monoisotopic (exact) mass is 575 g/mol. The van der Waals surface area contributed by atoms with Gasteiger partial charge in [0.25, 0.3) is 0 Å². The number of benzene rings is 2. The van der Waals surface area contributed by atoms with Crippen molar-refractivity contribution in [2.24, 2.45) is 0 Å². The standard InChI is InChI=1S/C23H18BrClF3NO6/c1-4-34-22(32)35-19(14-6-5-12(2)15(9-14)20(30)33-3)8-7-13-10-17(25)16(24)11-18(13)29-21(31)23(26,27)28/h5-6,9-11,19H,4H2,1-3H3,(H,29,31). The molecular formula is C23H18BrClF3NO6. The van der Waals surface area contributed by atoms with Gasteiger partial charge in [-0.1, -0.05) is 29.7 Å². The number of amides is 1. The van der Waals surface area contributed by atoms with Crippen LogP contribution in [0.15, 0.2) is 34.8 Å². The quantitative estimate of drug-likeness (QED) is 0.349. The van der Waals surface area contributed by atoms with E-state index in [0.717, 1.165) is 6.07 Å². The Hall–Kier alpha value is -3.23. The van der Waals surface area contributed by atoms with E-state index in [0.29, 0.717) is 5.56 Å². The van der Waals surface area contributed by atoms with E-state index in [-0.39, 0.29) is 38.5 Å². The fourth-order valence-electron chi connectivity index (χ4n) is 2.65. The van der Waals surface area contributed by atoms with Crippen molar-refractivity contribution in [2.75, 3.05) is 19.0 Å². The molecule has 0 aromatic heterocycles. The van der Waals surface area contributed by atoms with Gasteiger partial charge in [0.15, 0.2) is 6.10 Å². The number of alkyl halides is 3. The lowest BCUT2D eigenvalue weighted by molar-refractivity contribution is -0.167. The summed E-state index contributed by atoms with van der Waals surface area (Å²) in [5.74, 6) is 2.34. The van der Waals surface area contributed by atoms with Gasteiger partial charge in [-0.2, -0.15) is 13.2 Å². The van der Waals surface area contributed by atoms with E-state index in [9.17, 15) is 27.6 Å². The molecule has 1 amide bonds. The Morgan fingerprint density at radius 2 is 1.89 bits per heavy atom. The van der Waals surface area contributed by atoms with E-state index in [1.807, 2.05) is 0 Å². The van der Waals surface area contributed by atoms with Crippen LogP contribution in [0.1, 0.15) is 40.1 Å². The van der Waals surface area contributed by atoms with Gasteiger partial charge < -0.3 is 19.5 Å². The maximum absolute atomic E-state index is 12.8. The number of carbonyl (C=O) groups is 3. The number of rotatable bonds is 5. The molecule has 0 spiro atoms. The summed E-state index contributed by atoms with van der Waals surface area (Å²) >= 11 is 9.13. The number of anilines is 1. The second kappa shape index (κ2) is 12.0. The van der Waals surface area contributed by atoms with E-state index in [1.165, 1.54) is 19.2 Å². The molecule has 0 saturated heterocycles. The smallest absolute Gasteiger partial charge is 0.465 e. The molecule has 2 aromatic rings. The summed E-state index contributed by atoms with van der Waals surface area (Å²) in [5, 5.41) is 1.84. The third-order valence-electron chi connectivity index (χ3n) is 4.35. The van der Waals surface area contributed by atoms with Crippen molar-refractivity contribution in [3.63, 3.8) is 0 Å². The molecule has 2 rings (SSSR count). The largest absolute Gasteiger partial charge is 0.509 e. The van der Waals surface area contributed by atoms with Gasteiger partial charge in [-0.05, 0) is 59.5 Å². The van der Waals surface area contributed by atoms with Crippen molar-refractivity contribution >= 4 is 51.3 Å². The Morgan fingerprint density at radius 3 is 2.49 bits per heavy atom. The molecular weight excluding hydrogens is 559 g/mol. The average Bonchev–Trinajstić information content (AvgIpc) is 2.78. The van der Waals surface area contributed by atoms with Gasteiger partial charge >= 0.3 is 24.2 Å². The number of halogens is 5. The van der Waals surface area contributed by atoms with E-state index in [1.54, 1.807) is 31.3 Å². The van der Waals surface area contributed by atoms with Crippen LogP contribution in [0.25, 0.3) is 0 Å². The number of hydrogen-bond acceptors (Lipinski definition) is 6. The molecule has 0 heterocycles. The molecule has 0 aliphatic heterocycles. The highest BCUT2D eigenvalue weighted by molar-refractivity contribution is 9.10. The summed E-state index contributed by atoms with van der Waals surface area (Å²) in [5.41, 5.74) is 0.661. The predicted octanol–water partition coefficient (Wildman–Crippen LogP) is 5.96. The maximum atomic E-state index is 12.8. The van der Waals surface area contributed by atoms with Gasteiger partial charge in [0, 0.05) is 15.6 Å². The number of methoxy groups -OCH3 is 1. The zero-order valence-corrected chi connectivity index (χ0v) is 20.9. The predicted molar refractivity (Wildman–Crippen MR) is 124 cm³/mol. The maximum Gasteiger partial charge on any atom is 0.509 e. The molecule has 0 aliphatic carbocycles. The van der Waals surface area contributed by atoms with Crippen LogP contribution in [0.3, 0.4) is 0 Å². The number of hydrogen-bond donors (Lipinski definition) is 1. The number of carbonyl (C=O) groups excluding carboxylic acids is 3. The fraction of sp³-hybridized carbons (Fsp3) is 0.261. The van der Waals surface area contributed by atoms with Gasteiger partial charge in [0.1, 0.15) is 0 Å². The number of ether oxygens (including phenoxy) is 3. The van der Waals surface area contributed by atoms with Crippen molar-refractivity contribution in [3.05, 3.63) is 62.1 Å². The molecule has 1 N–H and O–H groups in total. The number of nitrogens with one attached hydrogen (secondary N) is 1. The molecule has 0 fully saturated rings. The summed E-state index contributed by atoms with van der Waals surface area (Å²) < 4.78 is 53.3. The SMILES string of the molecule is CCOC(=O)OC(C#Cc1cc(Cl)c(Br)cc1NC(=O)C(F)(F)F)c1ccc(C)c(C(=O)OC)c1. The zero-order valence-electron chi connectivity index (χ0n) is 18.5. The van der Waals surface area contributed by atoms with Crippen molar-refractivity contribution in [1.29, 1.82) is 0 Å². The summed E-state index contributed by atoms with van der Waals surface area (Å²) in [6.45, 7) is 3.24. The molecule has 0 aliphatic rings. The Kier molecular flexibility index (Phi) is 9.56. The average molecular weight is 577 g/mol. The molecule has 1 atom stereocenters. The van der Waals surface area contributed by atoms with Gasteiger partial charge in [0.05, 0.1) is 30.0 Å². The van der Waals surface area contributed by atoms with Crippen molar-refractivity contribution < 1.29 is 41.8 Å². The first-order valence-corrected chi connectivity index (χ1v) is 11.0. The molecule has 0 bridgehead atoms. The highest BCUT2D eigenvalue weighted by Gasteiger charge is 2.39. The molecule has 186 valence electrons. The first-order valence-electron chi connectivity index (χ1n) is 9.78. The van der Waals surface area contributed by atoms with E-state index in [2.05, 4.69) is 27.8 Å². The van der Waals surface area contributed by atoms with Crippen LogP contribution in [0, 0.1) is 18.8 Å². The Balaban J connectivity index is 2.57. The minimum absolute atomic E-state index is 0.0102. The number of aryl methyl sites for hydroxylation is 1. The highest BCUT2D eigenvalue weighted by atomic mass is 79.9. The molecule has 0 saturated carbocycles. The van der Waals surface area contributed by atoms with Crippen molar-refractivity contribution in [3.8, 4) is 11.8 Å². The zero-order chi connectivity index (χ0) is 26.3. The minimum Gasteiger partial charge on any atom is -0.465 e. The normalized spacial score (nSPS) is 11.5. The summed E-state index contributed by atoms with van der Waals surface area (Å²) in [7, 11) is 1.20. The first-order chi connectivity index (χ1) is 16.4. The van der Waals surface area contributed by atoms with Crippen LogP contribution in [-0.2, 0) is 19.0 Å². The van der Waals surface area contributed by atoms with Crippen molar-refractivity contribution in [2.45, 2.75) is 26.1 Å². The molecule has 12 heteroatoms. The van der Waals surface area contributed by atoms with Crippen LogP contribution in [0.2, 0.25) is 5.02 Å². The number of esters is 1. The van der Waals surface area contributed by atoms with E-state index in [4.69, 9.17) is 25.8 Å². The second-order valence-electron chi connectivity index (χ2n) is 6.78. The van der Waals surface area contributed by atoms with Crippen LogP contribution < -0.4 is 5.32 Å². The van der Waals surface area contributed by atoms with Crippen LogP contribution in [-0.4, -0.2) is 37.9 Å². The minimum atomic E-state index is -5.14. The second-order valence-corrected chi connectivity index (χ2v) is 8.04. The molecule has 1 unspecified atom stereocenters. The Morgan fingerprint density at radius 1 is 1.20 bits per heavy atom. The van der Waals surface area contributed by atoms with Gasteiger partial charge in [-0.25, -0.2) is 9.59 Å². The van der Waals surface area contributed by atoms with Crippen LogP contribution in [0.5, 0.6) is 0 Å². The summed E-state index contributed by atoms with van der Waals surface area (Å²) in [4.78, 5) is 35.5. The van der Waals surface area contributed by atoms with Crippen molar-refractivity contribution in [1.82, 2.24) is 0 Å². The Labute approximate surface area is 212 Å². The van der Waals surface area contributed by atoms with Crippen LogP contribution >= 0.6 is 27.5 Å². The lowest BCUT2D eigenvalue weighted by Gasteiger charge is -2.15. The van der Waals surface area contributed by atoms with Gasteiger partial charge in [-0.15, -0.1) is 0 Å². The topological polar surface area (TPSA) is 90.9 Å². The molecule has 0 radical (unpaired) electrons. The summed E-state index contributed by atoms with van der Waals surface area (Å²) in [6.07, 6.45) is -7.50. The van der Waals surface area contributed by atoms with Gasteiger partial charge in [-0.3, -0.25) is 4.79 Å². The fourth-order valence-corrected chi connectivity index (χ4v) is 3.16. The third kappa shape index (κ3) is 7.63. The molecule has 2 aromatic carbocycles. The summed E-state index contributed by atoms with van der Waals surface area (Å²) in [6, 6.07) is 6.90. The Bertz CT molecular complexity index is 1210. The van der Waals surface area contributed by atoms with Gasteiger partial charge in [0.2, 0.25) is 0 Å². The highest BCUT2D eigenvalue weighted by Crippen LogP contribution is 2.31. The van der Waals surface area contributed by atoms with Crippen LogP contribution in [0.4, 0.5) is 23.7 Å². The first kappa shape index (κ1) is 28.0. The molecule has 7 nitrogen and oxygen atoms in total. The van der Waals surface area contributed by atoms with E-state index >= 15 is 0 Å². The van der Waals surface area contributed by atoms with E-state index < -0.39 is 30.3 Å². The lowest BCUT2D eigenvalue weighted by atomic mass is 10.0. The molecule has 35 heavy (non-hydrogen) atoms. The third-order valence-corrected chi connectivity index (χ3v) is 5.55.